The summed E-state index contributed by atoms with van der Waals surface area (Å²) in [4.78, 5) is 41.1. The molecule has 0 spiro atoms. The van der Waals surface area contributed by atoms with Crippen LogP contribution >= 0.6 is 0 Å². The monoisotopic (exact) mass is 395 g/mol. The maximum absolute atomic E-state index is 12.8. The molecule has 152 valence electrons. The van der Waals surface area contributed by atoms with Crippen molar-refractivity contribution < 1.29 is 18.8 Å². The van der Waals surface area contributed by atoms with Gasteiger partial charge in [-0.25, -0.2) is 0 Å². The molecule has 1 aromatic carbocycles. The van der Waals surface area contributed by atoms with Gasteiger partial charge in [0.15, 0.2) is 5.76 Å². The lowest BCUT2D eigenvalue weighted by Crippen LogP contribution is -2.51. The molecular formula is C22H25N3O4. The smallest absolute Gasteiger partial charge is 0.289 e. The number of amides is 3. The molecule has 2 aromatic rings. The Morgan fingerprint density at radius 2 is 1.69 bits per heavy atom. The quantitative estimate of drug-likeness (QED) is 0.862. The highest BCUT2D eigenvalue weighted by molar-refractivity contribution is 6.00. The van der Waals surface area contributed by atoms with Crippen molar-refractivity contribution in [2.45, 2.75) is 20.3 Å². The van der Waals surface area contributed by atoms with Gasteiger partial charge in [-0.2, -0.15) is 0 Å². The average molecular weight is 395 g/mol. The molecule has 7 heteroatoms. The first-order valence-electron chi connectivity index (χ1n) is 9.94. The number of aryl methyl sites for hydroxylation is 1. The van der Waals surface area contributed by atoms with Crippen LogP contribution in [-0.4, -0.2) is 53.7 Å². The minimum atomic E-state index is -0.273. The summed E-state index contributed by atoms with van der Waals surface area (Å²) in [5.74, 6) is -0.452. The molecule has 1 saturated carbocycles. The van der Waals surface area contributed by atoms with Gasteiger partial charge in [0.1, 0.15) is 0 Å². The van der Waals surface area contributed by atoms with E-state index < -0.39 is 0 Å². The van der Waals surface area contributed by atoms with Crippen LogP contribution in [0.5, 0.6) is 0 Å². The topological polar surface area (TPSA) is 82.9 Å². The van der Waals surface area contributed by atoms with E-state index >= 15 is 0 Å². The largest absolute Gasteiger partial charge is 0.459 e. The second-order valence-electron chi connectivity index (χ2n) is 7.78. The predicted molar refractivity (Wildman–Crippen MR) is 107 cm³/mol. The number of furan rings is 1. The number of benzene rings is 1. The lowest BCUT2D eigenvalue weighted by atomic mass is 10.1. The Morgan fingerprint density at radius 1 is 0.966 bits per heavy atom. The Kier molecular flexibility index (Phi) is 5.13. The number of piperazine rings is 1. The van der Waals surface area contributed by atoms with Crippen molar-refractivity contribution in [3.63, 3.8) is 0 Å². The van der Waals surface area contributed by atoms with Gasteiger partial charge in [0.2, 0.25) is 11.8 Å². The third-order valence-corrected chi connectivity index (χ3v) is 5.92. The van der Waals surface area contributed by atoms with Crippen LogP contribution in [0.15, 0.2) is 41.0 Å². The lowest BCUT2D eigenvalue weighted by molar-refractivity contribution is -0.135. The van der Waals surface area contributed by atoms with E-state index in [1.165, 1.54) is 6.26 Å². The first-order valence-corrected chi connectivity index (χ1v) is 9.94. The van der Waals surface area contributed by atoms with Crippen molar-refractivity contribution in [2.24, 2.45) is 11.8 Å². The van der Waals surface area contributed by atoms with E-state index in [1.807, 2.05) is 32.0 Å². The van der Waals surface area contributed by atoms with E-state index in [9.17, 15) is 14.4 Å². The molecule has 2 fully saturated rings. The third-order valence-electron chi connectivity index (χ3n) is 5.92. The average Bonchev–Trinajstić information content (AvgIpc) is 3.35. The van der Waals surface area contributed by atoms with Crippen LogP contribution in [0.4, 0.5) is 5.69 Å². The number of carbonyl (C=O) groups excluding carboxylic acids is 3. The Hall–Kier alpha value is -3.09. The van der Waals surface area contributed by atoms with Crippen molar-refractivity contribution in [2.75, 3.05) is 31.5 Å². The van der Waals surface area contributed by atoms with Gasteiger partial charge < -0.3 is 19.5 Å². The number of nitrogens with zero attached hydrogens (tertiary/aromatic N) is 2. The molecule has 29 heavy (non-hydrogen) atoms. The van der Waals surface area contributed by atoms with E-state index in [-0.39, 0.29) is 29.6 Å². The summed E-state index contributed by atoms with van der Waals surface area (Å²) in [5.41, 5.74) is 2.97. The Balaban J connectivity index is 1.29. The van der Waals surface area contributed by atoms with E-state index in [0.29, 0.717) is 38.4 Å². The van der Waals surface area contributed by atoms with Gasteiger partial charge in [-0.1, -0.05) is 12.1 Å². The predicted octanol–water partition coefficient (Wildman–Crippen LogP) is 2.46. The minimum Gasteiger partial charge on any atom is -0.459 e. The van der Waals surface area contributed by atoms with Gasteiger partial charge in [0.25, 0.3) is 5.91 Å². The number of hydrogen-bond donors (Lipinski definition) is 1. The maximum Gasteiger partial charge on any atom is 0.289 e. The fraction of sp³-hybridized carbons (Fsp3) is 0.409. The molecule has 0 bridgehead atoms. The molecule has 0 radical (unpaired) electrons. The van der Waals surface area contributed by atoms with Crippen molar-refractivity contribution in [1.29, 1.82) is 0 Å². The Morgan fingerprint density at radius 3 is 2.38 bits per heavy atom. The highest BCUT2D eigenvalue weighted by Gasteiger charge is 2.50. The number of carbonyl (C=O) groups is 3. The zero-order valence-corrected chi connectivity index (χ0v) is 16.7. The standard InChI is InChI=1S/C22H25N3O4/c1-14-5-3-6-18(15(14)2)23-20(26)16-13-17(16)21(27)24-8-10-25(11-9-24)22(28)19-7-4-12-29-19/h3-7,12,16-17H,8-11,13H2,1-2H3,(H,23,26). The molecule has 2 unspecified atom stereocenters. The van der Waals surface area contributed by atoms with Crippen LogP contribution in [-0.2, 0) is 9.59 Å². The fourth-order valence-electron chi connectivity index (χ4n) is 3.79. The molecule has 1 aromatic heterocycles. The first kappa shape index (κ1) is 19.2. The highest BCUT2D eigenvalue weighted by Crippen LogP contribution is 2.41. The van der Waals surface area contributed by atoms with Crippen molar-refractivity contribution in [1.82, 2.24) is 9.80 Å². The van der Waals surface area contributed by atoms with Gasteiger partial charge in [0.05, 0.1) is 18.1 Å². The molecule has 1 N–H and O–H groups in total. The zero-order valence-electron chi connectivity index (χ0n) is 16.7. The van der Waals surface area contributed by atoms with Crippen molar-refractivity contribution >= 4 is 23.4 Å². The Bertz CT molecular complexity index is 930. The highest BCUT2D eigenvalue weighted by atomic mass is 16.3. The summed E-state index contributed by atoms with van der Waals surface area (Å²) in [5, 5.41) is 2.97. The summed E-state index contributed by atoms with van der Waals surface area (Å²) in [6.07, 6.45) is 2.06. The van der Waals surface area contributed by atoms with Crippen LogP contribution in [0.1, 0.15) is 28.1 Å². The second kappa shape index (κ2) is 7.73. The number of nitrogens with one attached hydrogen (secondary N) is 1. The third kappa shape index (κ3) is 3.90. The number of hydrogen-bond acceptors (Lipinski definition) is 4. The fourth-order valence-corrected chi connectivity index (χ4v) is 3.79. The summed E-state index contributed by atoms with van der Waals surface area (Å²) in [6.45, 7) is 5.88. The summed E-state index contributed by atoms with van der Waals surface area (Å²) >= 11 is 0. The SMILES string of the molecule is Cc1cccc(NC(=O)C2CC2C(=O)N2CCN(C(=O)c3ccco3)CC2)c1C. The van der Waals surface area contributed by atoms with E-state index in [1.54, 1.807) is 21.9 Å². The van der Waals surface area contributed by atoms with Crippen LogP contribution in [0.3, 0.4) is 0 Å². The minimum absolute atomic E-state index is 0.0104. The summed E-state index contributed by atoms with van der Waals surface area (Å²) in [6, 6.07) is 9.13. The van der Waals surface area contributed by atoms with Gasteiger partial charge >= 0.3 is 0 Å². The molecule has 7 nitrogen and oxygen atoms in total. The molecule has 4 rings (SSSR count). The molecule has 1 saturated heterocycles. The molecule has 2 heterocycles. The van der Waals surface area contributed by atoms with Gasteiger partial charge in [0, 0.05) is 31.9 Å². The maximum atomic E-state index is 12.8. The van der Waals surface area contributed by atoms with Crippen LogP contribution in [0, 0.1) is 25.7 Å². The number of anilines is 1. The molecular weight excluding hydrogens is 370 g/mol. The van der Waals surface area contributed by atoms with Crippen LogP contribution < -0.4 is 5.32 Å². The van der Waals surface area contributed by atoms with Gasteiger partial charge in [-0.05, 0) is 49.6 Å². The van der Waals surface area contributed by atoms with Crippen molar-refractivity contribution in [3.05, 3.63) is 53.5 Å². The normalized spacial score (nSPS) is 21.0. The zero-order chi connectivity index (χ0) is 20.5. The first-order chi connectivity index (χ1) is 14.0. The second-order valence-corrected chi connectivity index (χ2v) is 7.78. The molecule has 1 aliphatic heterocycles. The van der Waals surface area contributed by atoms with E-state index in [0.717, 1.165) is 16.8 Å². The van der Waals surface area contributed by atoms with Crippen LogP contribution in [0.2, 0.25) is 0 Å². The molecule has 2 atom stereocenters. The summed E-state index contributed by atoms with van der Waals surface area (Å²) < 4.78 is 5.16. The molecule has 1 aliphatic carbocycles. The van der Waals surface area contributed by atoms with Gasteiger partial charge in [-0.3, -0.25) is 14.4 Å². The van der Waals surface area contributed by atoms with E-state index in [2.05, 4.69) is 5.32 Å². The van der Waals surface area contributed by atoms with Crippen LogP contribution in [0.25, 0.3) is 0 Å². The van der Waals surface area contributed by atoms with E-state index in [4.69, 9.17) is 4.42 Å². The lowest BCUT2D eigenvalue weighted by Gasteiger charge is -2.34. The van der Waals surface area contributed by atoms with Crippen molar-refractivity contribution in [3.8, 4) is 0 Å². The Labute approximate surface area is 169 Å². The van der Waals surface area contributed by atoms with Gasteiger partial charge in [-0.15, -0.1) is 0 Å². The number of rotatable bonds is 4. The summed E-state index contributed by atoms with van der Waals surface area (Å²) in [7, 11) is 0. The molecule has 2 aliphatic rings. The molecule has 3 amide bonds.